The molecule has 1 N–H and O–H groups in total. The fourth-order valence-electron chi connectivity index (χ4n) is 2.79. The number of nitrogens with zero attached hydrogens (tertiary/aromatic N) is 1. The molecule has 6 heteroatoms. The summed E-state index contributed by atoms with van der Waals surface area (Å²) in [6, 6.07) is 6.33. The Labute approximate surface area is 127 Å². The topological polar surface area (TPSA) is 66.8 Å². The monoisotopic (exact) mass is 307 g/mol. The zero-order valence-corrected chi connectivity index (χ0v) is 12.1. The lowest BCUT2D eigenvalue weighted by molar-refractivity contribution is -0.155. The standard InChI is InChI=1S/C16H18FNO4/c17-11-3-1-2-10(8-11)9-18(12-4-5-12)15(19)13-6-7-14(22-13)16(20)21/h1-3,8,12-14H,4-7,9H2,(H,20,21)/t13-,14+/m0/s1. The van der Waals surface area contributed by atoms with Crippen LogP contribution in [0, 0.1) is 5.82 Å². The highest BCUT2D eigenvalue weighted by Gasteiger charge is 2.41. The van der Waals surface area contributed by atoms with Crippen molar-refractivity contribution in [1.29, 1.82) is 0 Å². The fourth-order valence-corrected chi connectivity index (χ4v) is 2.79. The lowest BCUT2D eigenvalue weighted by atomic mass is 10.1. The first-order valence-corrected chi connectivity index (χ1v) is 7.48. The SMILES string of the molecule is O=C(O)[C@H]1CC[C@@H](C(=O)N(Cc2cccc(F)c2)C2CC2)O1. The molecule has 1 amide bonds. The number of carboxylic acid groups (broad SMARTS) is 1. The van der Waals surface area contributed by atoms with Gasteiger partial charge in [0.25, 0.3) is 5.91 Å². The van der Waals surface area contributed by atoms with Crippen molar-refractivity contribution in [3.63, 3.8) is 0 Å². The van der Waals surface area contributed by atoms with Crippen molar-refractivity contribution in [3.05, 3.63) is 35.6 Å². The van der Waals surface area contributed by atoms with E-state index in [1.165, 1.54) is 12.1 Å². The minimum absolute atomic E-state index is 0.156. The van der Waals surface area contributed by atoms with Crippen LogP contribution in [0.5, 0.6) is 0 Å². The van der Waals surface area contributed by atoms with Gasteiger partial charge in [-0.15, -0.1) is 0 Å². The first-order chi connectivity index (χ1) is 10.5. The number of rotatable bonds is 5. The maximum atomic E-state index is 13.3. The molecule has 1 saturated heterocycles. The van der Waals surface area contributed by atoms with Crippen LogP contribution in [0.3, 0.4) is 0 Å². The molecular weight excluding hydrogens is 289 g/mol. The number of ether oxygens (including phenoxy) is 1. The van der Waals surface area contributed by atoms with Crippen molar-refractivity contribution >= 4 is 11.9 Å². The molecule has 0 bridgehead atoms. The maximum absolute atomic E-state index is 13.3. The first kappa shape index (κ1) is 15.0. The van der Waals surface area contributed by atoms with Gasteiger partial charge in [-0.3, -0.25) is 4.79 Å². The van der Waals surface area contributed by atoms with E-state index in [1.54, 1.807) is 17.0 Å². The Hall–Kier alpha value is -1.95. The number of carboxylic acids is 1. The van der Waals surface area contributed by atoms with E-state index in [0.717, 1.165) is 18.4 Å². The summed E-state index contributed by atoms with van der Waals surface area (Å²) in [6.07, 6.45) is 1.03. The summed E-state index contributed by atoms with van der Waals surface area (Å²) >= 11 is 0. The second kappa shape index (κ2) is 6.04. The summed E-state index contributed by atoms with van der Waals surface area (Å²) in [5.74, 6) is -1.54. The molecule has 3 rings (SSSR count). The van der Waals surface area contributed by atoms with Crippen molar-refractivity contribution in [2.45, 2.75) is 50.5 Å². The Morgan fingerprint density at radius 2 is 1.95 bits per heavy atom. The number of carbonyl (C=O) groups excluding carboxylic acids is 1. The predicted octanol–water partition coefficient (Wildman–Crippen LogP) is 1.95. The Morgan fingerprint density at radius 3 is 2.55 bits per heavy atom. The Kier molecular flexibility index (Phi) is 4.11. The minimum Gasteiger partial charge on any atom is -0.479 e. The molecule has 118 valence electrons. The number of aliphatic carboxylic acids is 1. The van der Waals surface area contributed by atoms with Gasteiger partial charge in [-0.2, -0.15) is 0 Å². The van der Waals surface area contributed by atoms with Crippen LogP contribution in [-0.2, 0) is 20.9 Å². The molecule has 0 spiro atoms. The number of hydrogen-bond donors (Lipinski definition) is 1. The maximum Gasteiger partial charge on any atom is 0.332 e. The number of benzene rings is 1. The molecule has 22 heavy (non-hydrogen) atoms. The largest absolute Gasteiger partial charge is 0.479 e. The van der Waals surface area contributed by atoms with E-state index in [9.17, 15) is 14.0 Å². The summed E-state index contributed by atoms with van der Waals surface area (Å²) in [6.45, 7) is 0.332. The van der Waals surface area contributed by atoms with Crippen molar-refractivity contribution in [2.24, 2.45) is 0 Å². The molecule has 2 atom stereocenters. The predicted molar refractivity (Wildman–Crippen MR) is 75.5 cm³/mol. The normalized spacial score (nSPS) is 24.2. The van der Waals surface area contributed by atoms with Gasteiger partial charge in [0, 0.05) is 12.6 Å². The third kappa shape index (κ3) is 3.27. The van der Waals surface area contributed by atoms with Crippen molar-refractivity contribution in [3.8, 4) is 0 Å². The molecular formula is C16H18FNO4. The van der Waals surface area contributed by atoms with Gasteiger partial charge in [-0.25, -0.2) is 9.18 Å². The Morgan fingerprint density at radius 1 is 1.23 bits per heavy atom. The van der Waals surface area contributed by atoms with E-state index in [1.807, 2.05) is 0 Å². The van der Waals surface area contributed by atoms with Crippen LogP contribution in [0.4, 0.5) is 4.39 Å². The lowest BCUT2D eigenvalue weighted by Crippen LogP contribution is -2.40. The van der Waals surface area contributed by atoms with E-state index in [-0.39, 0.29) is 17.8 Å². The third-order valence-electron chi connectivity index (χ3n) is 4.08. The number of amides is 1. The molecule has 1 heterocycles. The minimum atomic E-state index is -1.03. The van der Waals surface area contributed by atoms with Crippen LogP contribution in [0.2, 0.25) is 0 Å². The van der Waals surface area contributed by atoms with Gasteiger partial charge in [0.05, 0.1) is 0 Å². The van der Waals surface area contributed by atoms with Crippen molar-refractivity contribution < 1.29 is 23.8 Å². The van der Waals surface area contributed by atoms with Gasteiger partial charge in [0.2, 0.25) is 0 Å². The first-order valence-electron chi connectivity index (χ1n) is 7.48. The molecule has 0 radical (unpaired) electrons. The average Bonchev–Trinajstić information content (AvgIpc) is 3.19. The van der Waals surface area contributed by atoms with Gasteiger partial charge in [0.15, 0.2) is 6.10 Å². The number of carbonyl (C=O) groups is 2. The zero-order valence-electron chi connectivity index (χ0n) is 12.1. The molecule has 0 unspecified atom stereocenters. The van der Waals surface area contributed by atoms with E-state index in [0.29, 0.717) is 19.4 Å². The molecule has 2 fully saturated rings. The van der Waals surface area contributed by atoms with Crippen LogP contribution in [0.15, 0.2) is 24.3 Å². The summed E-state index contributed by atoms with van der Waals surface area (Å²) in [7, 11) is 0. The average molecular weight is 307 g/mol. The summed E-state index contributed by atoms with van der Waals surface area (Å²) < 4.78 is 18.6. The molecule has 1 aromatic carbocycles. The van der Waals surface area contributed by atoms with Crippen LogP contribution in [-0.4, -0.2) is 40.1 Å². The van der Waals surface area contributed by atoms with Gasteiger partial charge in [-0.1, -0.05) is 12.1 Å². The van der Waals surface area contributed by atoms with Gasteiger partial charge in [0.1, 0.15) is 11.9 Å². The van der Waals surface area contributed by atoms with Crippen LogP contribution in [0.1, 0.15) is 31.2 Å². The highest BCUT2D eigenvalue weighted by atomic mass is 19.1. The van der Waals surface area contributed by atoms with Crippen molar-refractivity contribution in [1.82, 2.24) is 4.90 Å². The molecule has 1 saturated carbocycles. The lowest BCUT2D eigenvalue weighted by Gasteiger charge is -2.25. The smallest absolute Gasteiger partial charge is 0.332 e. The van der Waals surface area contributed by atoms with Crippen LogP contribution in [0.25, 0.3) is 0 Å². The number of hydrogen-bond acceptors (Lipinski definition) is 3. The summed E-state index contributed by atoms with van der Waals surface area (Å²) in [5, 5.41) is 8.95. The third-order valence-corrected chi connectivity index (χ3v) is 4.08. The quantitative estimate of drug-likeness (QED) is 0.903. The summed E-state index contributed by atoms with van der Waals surface area (Å²) in [5.41, 5.74) is 0.730. The second-order valence-electron chi connectivity index (χ2n) is 5.86. The molecule has 1 aromatic rings. The van der Waals surface area contributed by atoms with Crippen LogP contribution >= 0.6 is 0 Å². The molecule has 5 nitrogen and oxygen atoms in total. The molecule has 2 aliphatic rings. The van der Waals surface area contributed by atoms with Gasteiger partial charge in [-0.05, 0) is 43.4 Å². The van der Waals surface area contributed by atoms with E-state index < -0.39 is 18.2 Å². The molecule has 0 aromatic heterocycles. The summed E-state index contributed by atoms with van der Waals surface area (Å²) in [4.78, 5) is 25.2. The molecule has 1 aliphatic carbocycles. The van der Waals surface area contributed by atoms with E-state index >= 15 is 0 Å². The fraction of sp³-hybridized carbons (Fsp3) is 0.500. The zero-order chi connectivity index (χ0) is 15.7. The van der Waals surface area contributed by atoms with Crippen molar-refractivity contribution in [2.75, 3.05) is 0 Å². The van der Waals surface area contributed by atoms with Gasteiger partial charge >= 0.3 is 5.97 Å². The number of halogens is 1. The van der Waals surface area contributed by atoms with E-state index in [4.69, 9.17) is 9.84 Å². The Balaban J connectivity index is 1.69. The van der Waals surface area contributed by atoms with Crippen LogP contribution < -0.4 is 0 Å². The highest BCUT2D eigenvalue weighted by Crippen LogP contribution is 2.31. The Bertz CT molecular complexity index is 587. The molecule has 1 aliphatic heterocycles. The van der Waals surface area contributed by atoms with Gasteiger partial charge < -0.3 is 14.7 Å². The second-order valence-corrected chi connectivity index (χ2v) is 5.86. The van der Waals surface area contributed by atoms with E-state index in [2.05, 4.69) is 0 Å². The highest BCUT2D eigenvalue weighted by molar-refractivity contribution is 5.83.